The summed E-state index contributed by atoms with van der Waals surface area (Å²) >= 11 is 7.41. The molecule has 0 spiro atoms. The first-order chi connectivity index (χ1) is 10.5. The number of ether oxygens (including phenoxy) is 1. The molecule has 0 unspecified atom stereocenters. The van der Waals surface area contributed by atoms with Crippen LogP contribution in [-0.2, 0) is 9.53 Å². The van der Waals surface area contributed by atoms with Gasteiger partial charge in [-0.05, 0) is 37.6 Å². The van der Waals surface area contributed by atoms with Gasteiger partial charge in [-0.1, -0.05) is 29.8 Å². The third-order valence-corrected chi connectivity index (χ3v) is 4.35. The normalized spacial score (nSPS) is 11.8. The predicted octanol–water partition coefficient (Wildman–Crippen LogP) is 3.74. The summed E-state index contributed by atoms with van der Waals surface area (Å²) in [5.41, 5.74) is 0.817. The van der Waals surface area contributed by atoms with E-state index in [9.17, 15) is 9.59 Å². The average Bonchev–Trinajstić information content (AvgIpc) is 2.91. The largest absolute Gasteiger partial charge is 0.451 e. The first-order valence-corrected chi connectivity index (χ1v) is 7.94. The van der Waals surface area contributed by atoms with Gasteiger partial charge in [0.05, 0.1) is 6.04 Å². The second-order valence-corrected chi connectivity index (χ2v) is 6.49. The minimum Gasteiger partial charge on any atom is -0.451 e. The van der Waals surface area contributed by atoms with Gasteiger partial charge in [0.25, 0.3) is 5.91 Å². The number of hydrogen-bond donors (Lipinski definition) is 1. The maximum atomic E-state index is 11.9. The third-order valence-electron chi connectivity index (χ3n) is 3.03. The molecule has 0 aliphatic rings. The Morgan fingerprint density at radius 2 is 2.00 bits per heavy atom. The van der Waals surface area contributed by atoms with Crippen LogP contribution >= 0.6 is 22.9 Å². The van der Waals surface area contributed by atoms with Gasteiger partial charge in [-0.2, -0.15) is 0 Å². The number of carbonyl (C=O) groups is 2. The Morgan fingerprint density at radius 3 is 2.64 bits per heavy atom. The van der Waals surface area contributed by atoms with Crippen LogP contribution in [0.25, 0.3) is 0 Å². The van der Waals surface area contributed by atoms with Crippen LogP contribution in [-0.4, -0.2) is 18.5 Å². The Morgan fingerprint density at radius 1 is 1.27 bits per heavy atom. The van der Waals surface area contributed by atoms with Gasteiger partial charge < -0.3 is 10.1 Å². The lowest BCUT2D eigenvalue weighted by molar-refractivity contribution is -0.124. The number of halogens is 1. The molecule has 0 radical (unpaired) electrons. The monoisotopic (exact) mass is 337 g/mol. The van der Waals surface area contributed by atoms with Gasteiger partial charge in [-0.3, -0.25) is 4.79 Å². The lowest BCUT2D eigenvalue weighted by atomic mass is 10.1. The van der Waals surface area contributed by atoms with Crippen molar-refractivity contribution in [3.63, 3.8) is 0 Å². The first kappa shape index (κ1) is 16.5. The summed E-state index contributed by atoms with van der Waals surface area (Å²) in [4.78, 5) is 25.1. The molecule has 0 saturated carbocycles. The molecular weight excluding hydrogens is 322 g/mol. The van der Waals surface area contributed by atoms with Crippen molar-refractivity contribution in [2.45, 2.75) is 19.9 Å². The number of hydrogen-bond acceptors (Lipinski definition) is 4. The molecule has 22 heavy (non-hydrogen) atoms. The molecule has 4 nitrogen and oxygen atoms in total. The molecule has 0 fully saturated rings. The minimum absolute atomic E-state index is 0.260. The molecule has 1 amide bonds. The molecular formula is C16H16ClNO3S. The Bertz CT molecular complexity index is 684. The number of amides is 1. The fourth-order valence-corrected chi connectivity index (χ4v) is 2.99. The Kier molecular flexibility index (Phi) is 5.57. The summed E-state index contributed by atoms with van der Waals surface area (Å²) in [6, 6.07) is 10.5. The lowest BCUT2D eigenvalue weighted by Crippen LogP contribution is -2.31. The quantitative estimate of drug-likeness (QED) is 0.845. The van der Waals surface area contributed by atoms with Crippen LogP contribution < -0.4 is 5.32 Å². The van der Waals surface area contributed by atoms with E-state index in [-0.39, 0.29) is 18.6 Å². The zero-order valence-electron chi connectivity index (χ0n) is 12.3. The van der Waals surface area contributed by atoms with Gasteiger partial charge in [0.1, 0.15) is 4.88 Å². The summed E-state index contributed by atoms with van der Waals surface area (Å²) in [6.45, 7) is 3.41. The van der Waals surface area contributed by atoms with E-state index in [1.807, 2.05) is 38.1 Å². The average molecular weight is 338 g/mol. The summed E-state index contributed by atoms with van der Waals surface area (Å²) < 4.78 is 5.00. The van der Waals surface area contributed by atoms with Gasteiger partial charge in [0.2, 0.25) is 0 Å². The van der Waals surface area contributed by atoms with Gasteiger partial charge in [-0.25, -0.2) is 4.79 Å². The third kappa shape index (κ3) is 4.32. The van der Waals surface area contributed by atoms with Crippen molar-refractivity contribution in [2.24, 2.45) is 0 Å². The van der Waals surface area contributed by atoms with Crippen LogP contribution in [0.4, 0.5) is 0 Å². The highest BCUT2D eigenvalue weighted by atomic mass is 35.5. The molecule has 0 aliphatic carbocycles. The summed E-state index contributed by atoms with van der Waals surface area (Å²) in [5.74, 6) is -0.854. The summed E-state index contributed by atoms with van der Waals surface area (Å²) in [5, 5.41) is 3.34. The van der Waals surface area contributed by atoms with Crippen LogP contribution in [0.2, 0.25) is 5.02 Å². The predicted molar refractivity (Wildman–Crippen MR) is 87.3 cm³/mol. The first-order valence-electron chi connectivity index (χ1n) is 6.74. The Balaban J connectivity index is 1.85. The van der Waals surface area contributed by atoms with E-state index >= 15 is 0 Å². The van der Waals surface area contributed by atoms with Crippen LogP contribution in [0, 0.1) is 6.92 Å². The Hall–Kier alpha value is -1.85. The van der Waals surface area contributed by atoms with Crippen molar-refractivity contribution >= 4 is 34.8 Å². The second kappa shape index (κ2) is 7.42. The van der Waals surface area contributed by atoms with Gasteiger partial charge in [-0.15, -0.1) is 11.3 Å². The van der Waals surface area contributed by atoms with Gasteiger partial charge >= 0.3 is 5.97 Å². The number of rotatable bonds is 5. The fraction of sp³-hybridized carbons (Fsp3) is 0.250. The number of aryl methyl sites for hydroxylation is 1. The minimum atomic E-state index is -0.487. The number of nitrogens with one attached hydrogen (secondary N) is 1. The molecule has 0 saturated heterocycles. The summed E-state index contributed by atoms with van der Waals surface area (Å²) in [7, 11) is 0. The molecule has 0 bridgehead atoms. The van der Waals surface area contributed by atoms with E-state index in [1.165, 1.54) is 11.3 Å². The Labute approximate surface area is 138 Å². The maximum absolute atomic E-state index is 11.9. The van der Waals surface area contributed by atoms with E-state index < -0.39 is 5.97 Å². The van der Waals surface area contributed by atoms with E-state index in [0.29, 0.717) is 9.90 Å². The van der Waals surface area contributed by atoms with Gasteiger partial charge in [0.15, 0.2) is 6.61 Å². The smallest absolute Gasteiger partial charge is 0.348 e. The van der Waals surface area contributed by atoms with Crippen LogP contribution in [0.5, 0.6) is 0 Å². The molecule has 1 aromatic carbocycles. The molecule has 2 aromatic rings. The van der Waals surface area contributed by atoms with E-state index in [1.54, 1.807) is 12.1 Å². The van der Waals surface area contributed by atoms with E-state index in [4.69, 9.17) is 16.3 Å². The van der Waals surface area contributed by atoms with Crippen LogP contribution in [0.1, 0.15) is 33.1 Å². The number of thiophene rings is 1. The molecule has 1 heterocycles. The van der Waals surface area contributed by atoms with Crippen molar-refractivity contribution in [3.05, 3.63) is 56.7 Å². The van der Waals surface area contributed by atoms with Crippen molar-refractivity contribution in [1.29, 1.82) is 0 Å². The molecule has 1 atom stereocenters. The standard InChI is InChI=1S/C16H16ClNO3S/c1-10-7-8-14(22-10)16(20)21-9-15(19)18-11(2)12-5-3-4-6-13(12)17/h3-8,11H,9H2,1-2H3,(H,18,19)/t11-/m1/s1. The topological polar surface area (TPSA) is 55.4 Å². The molecule has 0 aliphatic heterocycles. The summed E-state index contributed by atoms with van der Waals surface area (Å²) in [6.07, 6.45) is 0. The van der Waals surface area contributed by atoms with Crippen LogP contribution in [0.15, 0.2) is 36.4 Å². The van der Waals surface area contributed by atoms with E-state index in [2.05, 4.69) is 5.32 Å². The number of esters is 1. The molecule has 1 N–H and O–H groups in total. The fourth-order valence-electron chi connectivity index (χ4n) is 1.93. The maximum Gasteiger partial charge on any atom is 0.348 e. The van der Waals surface area contributed by atoms with Gasteiger partial charge in [0, 0.05) is 9.90 Å². The lowest BCUT2D eigenvalue weighted by Gasteiger charge is -2.15. The SMILES string of the molecule is Cc1ccc(C(=O)OCC(=O)N[C@H](C)c2ccccc2Cl)s1. The highest BCUT2D eigenvalue weighted by molar-refractivity contribution is 7.13. The highest BCUT2D eigenvalue weighted by Gasteiger charge is 2.15. The molecule has 2 rings (SSSR count). The molecule has 1 aromatic heterocycles. The number of carbonyl (C=O) groups excluding carboxylic acids is 2. The van der Waals surface area contributed by atoms with E-state index in [0.717, 1.165) is 10.4 Å². The second-order valence-electron chi connectivity index (χ2n) is 4.80. The van der Waals surface area contributed by atoms with Crippen molar-refractivity contribution in [2.75, 3.05) is 6.61 Å². The number of benzene rings is 1. The molecule has 116 valence electrons. The zero-order chi connectivity index (χ0) is 16.1. The molecule has 6 heteroatoms. The van der Waals surface area contributed by atoms with Crippen molar-refractivity contribution in [1.82, 2.24) is 5.32 Å². The van der Waals surface area contributed by atoms with Crippen LogP contribution in [0.3, 0.4) is 0 Å². The zero-order valence-corrected chi connectivity index (χ0v) is 13.8. The highest BCUT2D eigenvalue weighted by Crippen LogP contribution is 2.22. The van der Waals surface area contributed by atoms with Crippen molar-refractivity contribution < 1.29 is 14.3 Å². The van der Waals surface area contributed by atoms with Crippen molar-refractivity contribution in [3.8, 4) is 0 Å².